The zero-order chi connectivity index (χ0) is 12.2. The molecule has 3 atom stereocenters. The van der Waals surface area contributed by atoms with Crippen molar-refractivity contribution in [2.45, 2.75) is 31.8 Å². The molecule has 0 aromatic rings. The van der Waals surface area contributed by atoms with Crippen molar-refractivity contribution in [2.24, 2.45) is 22.8 Å². The van der Waals surface area contributed by atoms with Crippen LogP contribution in [-0.2, 0) is 4.79 Å². The first kappa shape index (κ1) is 13.6. The van der Waals surface area contributed by atoms with Crippen LogP contribution in [0.3, 0.4) is 0 Å². The van der Waals surface area contributed by atoms with E-state index in [2.05, 4.69) is 0 Å². The van der Waals surface area contributed by atoms with E-state index in [0.717, 1.165) is 12.8 Å². The Morgan fingerprint density at radius 3 is 2.69 bits per heavy atom. The van der Waals surface area contributed by atoms with Crippen LogP contribution in [-0.4, -0.2) is 41.8 Å². The molecule has 0 saturated heterocycles. The van der Waals surface area contributed by atoms with E-state index in [1.807, 2.05) is 0 Å². The molecule has 0 bridgehead atoms. The van der Waals surface area contributed by atoms with E-state index in [1.165, 1.54) is 0 Å². The molecule has 1 aliphatic rings. The quantitative estimate of drug-likeness (QED) is 0.484. The SMILES string of the molecule is NCC1CCCC(CN)(C(=O)C(O)CO)C1. The molecule has 0 aromatic heterocycles. The monoisotopic (exact) mass is 230 g/mol. The number of hydrogen-bond donors (Lipinski definition) is 4. The number of aliphatic hydroxyl groups is 2. The predicted molar refractivity (Wildman–Crippen MR) is 60.6 cm³/mol. The van der Waals surface area contributed by atoms with E-state index in [9.17, 15) is 9.90 Å². The summed E-state index contributed by atoms with van der Waals surface area (Å²) in [7, 11) is 0. The third-order valence-corrected chi connectivity index (χ3v) is 3.67. The molecule has 3 unspecified atom stereocenters. The van der Waals surface area contributed by atoms with E-state index in [0.29, 0.717) is 25.3 Å². The van der Waals surface area contributed by atoms with Gasteiger partial charge in [0.15, 0.2) is 5.78 Å². The maximum absolute atomic E-state index is 12.0. The second kappa shape index (κ2) is 5.72. The molecule has 1 aliphatic carbocycles. The summed E-state index contributed by atoms with van der Waals surface area (Å²) in [6.07, 6.45) is 1.94. The molecule has 0 radical (unpaired) electrons. The van der Waals surface area contributed by atoms with Crippen LogP contribution in [0, 0.1) is 11.3 Å². The van der Waals surface area contributed by atoms with Crippen molar-refractivity contribution in [1.82, 2.24) is 0 Å². The first-order valence-electron chi connectivity index (χ1n) is 5.83. The summed E-state index contributed by atoms with van der Waals surface area (Å²) in [6.45, 7) is 0.234. The highest BCUT2D eigenvalue weighted by Gasteiger charge is 2.43. The lowest BCUT2D eigenvalue weighted by Crippen LogP contribution is -2.49. The van der Waals surface area contributed by atoms with Gasteiger partial charge >= 0.3 is 0 Å². The number of rotatable bonds is 5. The van der Waals surface area contributed by atoms with Crippen LogP contribution >= 0.6 is 0 Å². The average Bonchev–Trinajstić information content (AvgIpc) is 2.36. The molecule has 5 heteroatoms. The van der Waals surface area contributed by atoms with Crippen molar-refractivity contribution in [3.05, 3.63) is 0 Å². The number of nitrogens with two attached hydrogens (primary N) is 2. The van der Waals surface area contributed by atoms with E-state index >= 15 is 0 Å². The molecule has 0 amide bonds. The van der Waals surface area contributed by atoms with Crippen molar-refractivity contribution in [3.8, 4) is 0 Å². The number of hydrogen-bond acceptors (Lipinski definition) is 5. The minimum absolute atomic E-state index is 0.222. The van der Waals surface area contributed by atoms with Gasteiger partial charge in [-0.15, -0.1) is 0 Å². The third kappa shape index (κ3) is 2.60. The second-order valence-corrected chi connectivity index (χ2v) is 4.75. The number of carbonyl (C=O) groups is 1. The Hall–Kier alpha value is -0.490. The maximum Gasteiger partial charge on any atom is 0.171 e. The van der Waals surface area contributed by atoms with Crippen LogP contribution in [0.25, 0.3) is 0 Å². The topological polar surface area (TPSA) is 110 Å². The van der Waals surface area contributed by atoms with E-state index in [4.69, 9.17) is 16.6 Å². The Kier molecular flexibility index (Phi) is 4.86. The summed E-state index contributed by atoms with van der Waals surface area (Å²) < 4.78 is 0. The Morgan fingerprint density at radius 2 is 2.19 bits per heavy atom. The Balaban J connectivity index is 2.79. The standard InChI is InChI=1S/C11H22N2O3/c12-5-8-2-1-3-11(4-8,7-13)10(16)9(15)6-14/h8-9,14-15H,1-7,12-13H2. The lowest BCUT2D eigenvalue weighted by Gasteiger charge is -2.39. The molecule has 6 N–H and O–H groups in total. The second-order valence-electron chi connectivity index (χ2n) is 4.75. The summed E-state index contributed by atoms with van der Waals surface area (Å²) in [5.41, 5.74) is 10.6. The van der Waals surface area contributed by atoms with Crippen molar-refractivity contribution in [1.29, 1.82) is 0 Å². The molecule has 0 spiro atoms. The molecule has 1 saturated carbocycles. The van der Waals surface area contributed by atoms with E-state index < -0.39 is 18.1 Å². The molecule has 0 aromatic carbocycles. The number of aliphatic hydroxyl groups excluding tert-OH is 2. The highest BCUT2D eigenvalue weighted by Crippen LogP contribution is 2.39. The summed E-state index contributed by atoms with van der Waals surface area (Å²) in [4.78, 5) is 12.0. The molecule has 16 heavy (non-hydrogen) atoms. The number of Topliss-reactive ketones (excluding diaryl/α,β-unsaturated/α-hetero) is 1. The van der Waals surface area contributed by atoms with Gasteiger partial charge in [-0.3, -0.25) is 4.79 Å². The molecular formula is C11H22N2O3. The highest BCUT2D eigenvalue weighted by atomic mass is 16.3. The fraction of sp³-hybridized carbons (Fsp3) is 0.909. The van der Waals surface area contributed by atoms with E-state index in [1.54, 1.807) is 0 Å². The van der Waals surface area contributed by atoms with E-state index in [-0.39, 0.29) is 12.3 Å². The molecule has 0 aliphatic heterocycles. The normalized spacial score (nSPS) is 32.4. The van der Waals surface area contributed by atoms with Crippen LogP contribution < -0.4 is 11.5 Å². The van der Waals surface area contributed by atoms with Gasteiger partial charge in [-0.1, -0.05) is 6.42 Å². The molecule has 5 nitrogen and oxygen atoms in total. The van der Waals surface area contributed by atoms with Gasteiger partial charge in [0, 0.05) is 12.0 Å². The lowest BCUT2D eigenvalue weighted by molar-refractivity contribution is -0.141. The summed E-state index contributed by atoms with van der Waals surface area (Å²) in [5, 5.41) is 18.3. The Bertz CT molecular complexity index is 247. The molecule has 1 rings (SSSR count). The molecular weight excluding hydrogens is 208 g/mol. The summed E-state index contributed by atoms with van der Waals surface area (Å²) in [6, 6.07) is 0. The van der Waals surface area contributed by atoms with Crippen LogP contribution in [0.1, 0.15) is 25.7 Å². The number of carbonyl (C=O) groups excluding carboxylic acids is 1. The third-order valence-electron chi connectivity index (χ3n) is 3.67. The van der Waals surface area contributed by atoms with Gasteiger partial charge in [0.25, 0.3) is 0 Å². The zero-order valence-electron chi connectivity index (χ0n) is 9.56. The van der Waals surface area contributed by atoms with Gasteiger partial charge in [0.2, 0.25) is 0 Å². The maximum atomic E-state index is 12.0. The largest absolute Gasteiger partial charge is 0.393 e. The van der Waals surface area contributed by atoms with Crippen LogP contribution in [0.4, 0.5) is 0 Å². The Morgan fingerprint density at radius 1 is 1.50 bits per heavy atom. The van der Waals surface area contributed by atoms with Crippen LogP contribution in [0.5, 0.6) is 0 Å². The van der Waals surface area contributed by atoms with Gasteiger partial charge in [-0.2, -0.15) is 0 Å². The summed E-state index contributed by atoms with van der Waals surface area (Å²) >= 11 is 0. The number of ketones is 1. The van der Waals surface area contributed by atoms with Gasteiger partial charge in [-0.05, 0) is 31.7 Å². The van der Waals surface area contributed by atoms with Crippen molar-refractivity contribution < 1.29 is 15.0 Å². The Labute approximate surface area is 95.8 Å². The van der Waals surface area contributed by atoms with Gasteiger partial charge < -0.3 is 21.7 Å². The lowest BCUT2D eigenvalue weighted by atomic mass is 9.66. The van der Waals surface area contributed by atoms with Crippen molar-refractivity contribution in [2.75, 3.05) is 19.7 Å². The molecule has 0 heterocycles. The van der Waals surface area contributed by atoms with Gasteiger partial charge in [0.1, 0.15) is 6.10 Å². The fourth-order valence-electron chi connectivity index (χ4n) is 2.63. The van der Waals surface area contributed by atoms with Gasteiger partial charge in [0.05, 0.1) is 6.61 Å². The highest BCUT2D eigenvalue weighted by molar-refractivity contribution is 5.89. The van der Waals surface area contributed by atoms with Gasteiger partial charge in [-0.25, -0.2) is 0 Å². The minimum atomic E-state index is -1.31. The predicted octanol–water partition coefficient (Wildman–Crippen LogP) is -0.997. The minimum Gasteiger partial charge on any atom is -0.393 e. The van der Waals surface area contributed by atoms with Crippen molar-refractivity contribution in [3.63, 3.8) is 0 Å². The van der Waals surface area contributed by atoms with Crippen LogP contribution in [0.2, 0.25) is 0 Å². The average molecular weight is 230 g/mol. The van der Waals surface area contributed by atoms with Crippen LogP contribution in [0.15, 0.2) is 0 Å². The fourth-order valence-corrected chi connectivity index (χ4v) is 2.63. The van der Waals surface area contributed by atoms with Crippen molar-refractivity contribution >= 4 is 5.78 Å². The first-order chi connectivity index (χ1) is 7.59. The zero-order valence-corrected chi connectivity index (χ0v) is 9.56. The molecule has 1 fully saturated rings. The molecule has 94 valence electrons. The summed E-state index contributed by atoms with van der Waals surface area (Å²) in [5.74, 6) is -0.0252. The first-order valence-corrected chi connectivity index (χ1v) is 5.83. The smallest absolute Gasteiger partial charge is 0.171 e.